The molecule has 5 nitrogen and oxygen atoms in total. The van der Waals surface area contributed by atoms with Crippen molar-refractivity contribution >= 4 is 92.7 Å². The smallest absolute Gasteiger partial charge is 0.155 e. The number of hydrogen-bond acceptors (Lipinski definition) is 6. The quantitative estimate of drug-likeness (QED) is 0.226. The number of nitrogens with zero attached hydrogens (tertiary/aromatic N) is 3. The van der Waals surface area contributed by atoms with Crippen LogP contribution < -0.4 is 4.90 Å². The zero-order chi connectivity index (χ0) is 26.2. The average molecular weight is 534 g/mol. The number of pyridine rings is 2. The fraction of sp³-hybridized carbons (Fsp3) is 0. The van der Waals surface area contributed by atoms with E-state index in [0.717, 1.165) is 61.2 Å². The lowest BCUT2D eigenvalue weighted by Gasteiger charge is -2.24. The molecule has 0 saturated carbocycles. The van der Waals surface area contributed by atoms with Gasteiger partial charge in [-0.3, -0.25) is 0 Å². The van der Waals surface area contributed by atoms with E-state index in [1.807, 2.05) is 72.3 Å². The molecule has 0 fully saturated rings. The minimum absolute atomic E-state index is 0.739. The number of anilines is 3. The molecule has 5 heterocycles. The van der Waals surface area contributed by atoms with Crippen molar-refractivity contribution in [2.45, 2.75) is 0 Å². The fourth-order valence-corrected chi connectivity index (χ4v) is 6.80. The first kappa shape index (κ1) is 21.7. The summed E-state index contributed by atoms with van der Waals surface area (Å²) in [5, 5.41) is 4.49. The van der Waals surface area contributed by atoms with Gasteiger partial charge in [-0.25, -0.2) is 9.97 Å². The van der Waals surface area contributed by atoms with Gasteiger partial charge in [-0.2, -0.15) is 0 Å². The normalized spacial score (nSPS) is 12.0. The third-order valence-corrected chi connectivity index (χ3v) is 8.69. The maximum absolute atomic E-state index is 6.22. The minimum Gasteiger partial charge on any atom is -0.454 e. The van der Waals surface area contributed by atoms with E-state index in [-0.39, 0.29) is 0 Å². The minimum atomic E-state index is 0.739. The van der Waals surface area contributed by atoms with Crippen molar-refractivity contribution in [3.8, 4) is 0 Å². The highest BCUT2D eigenvalue weighted by Crippen LogP contribution is 2.42. The molecule has 0 bridgehead atoms. The molecule has 9 aromatic rings. The van der Waals surface area contributed by atoms with E-state index < -0.39 is 0 Å². The summed E-state index contributed by atoms with van der Waals surface area (Å²) in [6, 6.07) is 35.3. The maximum atomic E-state index is 6.22. The summed E-state index contributed by atoms with van der Waals surface area (Å²) in [5.74, 6) is 0. The van der Waals surface area contributed by atoms with Gasteiger partial charge in [-0.1, -0.05) is 42.5 Å². The highest BCUT2D eigenvalue weighted by molar-refractivity contribution is 7.25. The number of benzene rings is 4. The first-order valence-corrected chi connectivity index (χ1v) is 13.9. The summed E-state index contributed by atoms with van der Waals surface area (Å²) in [5.41, 5.74) is 7.59. The first-order valence-electron chi connectivity index (χ1n) is 13.1. The zero-order valence-corrected chi connectivity index (χ0v) is 21.9. The van der Waals surface area contributed by atoms with E-state index in [1.165, 1.54) is 20.2 Å². The van der Waals surface area contributed by atoms with Crippen LogP contribution in [0.3, 0.4) is 0 Å². The lowest BCUT2D eigenvalue weighted by atomic mass is 10.1. The van der Waals surface area contributed by atoms with Gasteiger partial charge in [0.05, 0.1) is 23.8 Å². The van der Waals surface area contributed by atoms with Gasteiger partial charge in [0.2, 0.25) is 0 Å². The molecular weight excluding hydrogens is 514 g/mol. The van der Waals surface area contributed by atoms with Crippen molar-refractivity contribution < 1.29 is 8.83 Å². The number of aromatic nitrogens is 2. The van der Waals surface area contributed by atoms with Crippen LogP contribution in [0, 0.1) is 0 Å². The Labute approximate surface area is 231 Å². The predicted molar refractivity (Wildman–Crippen MR) is 164 cm³/mol. The van der Waals surface area contributed by atoms with Crippen molar-refractivity contribution in [1.29, 1.82) is 0 Å². The number of furan rings is 2. The van der Waals surface area contributed by atoms with Crippen LogP contribution >= 0.6 is 11.3 Å². The largest absolute Gasteiger partial charge is 0.454 e. The van der Waals surface area contributed by atoms with Crippen LogP contribution in [0.15, 0.2) is 124 Å². The molecule has 0 atom stereocenters. The van der Waals surface area contributed by atoms with E-state index >= 15 is 0 Å². The second kappa shape index (κ2) is 8.15. The van der Waals surface area contributed by atoms with Crippen LogP contribution in [0.2, 0.25) is 0 Å². The van der Waals surface area contributed by atoms with Crippen molar-refractivity contribution in [3.63, 3.8) is 0 Å². The van der Waals surface area contributed by atoms with Crippen molar-refractivity contribution in [1.82, 2.24) is 9.97 Å². The van der Waals surface area contributed by atoms with Crippen LogP contribution in [-0.4, -0.2) is 9.97 Å². The predicted octanol–water partition coefficient (Wildman–Crippen LogP) is 10.1. The van der Waals surface area contributed by atoms with Crippen molar-refractivity contribution in [2.24, 2.45) is 0 Å². The molecule has 0 aliphatic carbocycles. The Morgan fingerprint density at radius 3 is 1.68 bits per heavy atom. The van der Waals surface area contributed by atoms with Crippen LogP contribution in [0.5, 0.6) is 0 Å². The Balaban J connectivity index is 1.30. The lowest BCUT2D eigenvalue weighted by molar-refractivity contribution is 0.668. The average Bonchev–Trinajstić information content (AvgIpc) is 3.67. The zero-order valence-electron chi connectivity index (χ0n) is 21.0. The molecule has 0 amide bonds. The molecule has 0 aliphatic heterocycles. The Kier molecular flexibility index (Phi) is 4.42. The molecule has 0 spiro atoms. The molecule has 5 aromatic heterocycles. The summed E-state index contributed by atoms with van der Waals surface area (Å²) >= 11 is 1.81. The second-order valence-corrected chi connectivity index (χ2v) is 11.0. The number of fused-ring (bicyclic) bond motifs is 9. The lowest BCUT2D eigenvalue weighted by Crippen LogP contribution is -2.10. The van der Waals surface area contributed by atoms with Gasteiger partial charge in [0, 0.05) is 48.8 Å². The van der Waals surface area contributed by atoms with Gasteiger partial charge in [0.25, 0.3) is 0 Å². The Morgan fingerprint density at radius 2 is 1.02 bits per heavy atom. The van der Waals surface area contributed by atoms with Gasteiger partial charge >= 0.3 is 0 Å². The molecule has 0 saturated heterocycles. The molecule has 9 rings (SSSR count). The van der Waals surface area contributed by atoms with Gasteiger partial charge < -0.3 is 13.7 Å². The molecule has 0 aliphatic rings. The summed E-state index contributed by atoms with van der Waals surface area (Å²) in [7, 11) is 0. The monoisotopic (exact) mass is 533 g/mol. The molecule has 4 aromatic carbocycles. The molecule has 0 N–H and O–H groups in total. The first-order chi connectivity index (χ1) is 19.8. The molecule has 40 heavy (non-hydrogen) atoms. The Morgan fingerprint density at radius 1 is 0.475 bits per heavy atom. The van der Waals surface area contributed by atoms with Crippen molar-refractivity contribution in [2.75, 3.05) is 4.90 Å². The van der Waals surface area contributed by atoms with Gasteiger partial charge in [0.1, 0.15) is 22.2 Å². The van der Waals surface area contributed by atoms with Gasteiger partial charge in [-0.05, 0) is 48.5 Å². The number of para-hydroxylation sites is 2. The molecule has 0 unspecified atom stereocenters. The topological polar surface area (TPSA) is 55.3 Å². The second-order valence-electron chi connectivity index (χ2n) is 9.89. The third kappa shape index (κ3) is 3.14. The summed E-state index contributed by atoms with van der Waals surface area (Å²) in [6.45, 7) is 0. The van der Waals surface area contributed by atoms with E-state index in [0.29, 0.717) is 0 Å². The van der Waals surface area contributed by atoms with E-state index in [2.05, 4.69) is 59.5 Å². The molecule has 188 valence electrons. The van der Waals surface area contributed by atoms with E-state index in [9.17, 15) is 0 Å². The molecule has 0 radical (unpaired) electrons. The van der Waals surface area contributed by atoms with Crippen LogP contribution in [0.25, 0.3) is 64.3 Å². The van der Waals surface area contributed by atoms with E-state index in [1.54, 1.807) is 0 Å². The van der Waals surface area contributed by atoms with Crippen molar-refractivity contribution in [3.05, 3.63) is 116 Å². The number of hydrogen-bond donors (Lipinski definition) is 0. The third-order valence-electron chi connectivity index (χ3n) is 7.54. The standard InChI is InChI=1S/C34H19N3O2S/c1-4-10-27-24(8-1)33-29(38-27)16-21(18-35-33)37(20-13-14-32-26(15-20)23-7-3-6-12-31(23)40-32)22-17-30-34(36-19-22)25-9-2-5-11-28(25)39-30/h1-19H. The fourth-order valence-electron chi connectivity index (χ4n) is 5.71. The van der Waals surface area contributed by atoms with Crippen LogP contribution in [0.4, 0.5) is 17.1 Å². The Bertz CT molecular complexity index is 2300. The van der Waals surface area contributed by atoms with Gasteiger partial charge in [0.15, 0.2) is 11.2 Å². The number of thiophene rings is 1. The summed E-state index contributed by atoms with van der Waals surface area (Å²) in [4.78, 5) is 11.9. The summed E-state index contributed by atoms with van der Waals surface area (Å²) < 4.78 is 15.0. The maximum Gasteiger partial charge on any atom is 0.155 e. The highest BCUT2D eigenvalue weighted by atomic mass is 32.1. The van der Waals surface area contributed by atoms with E-state index in [4.69, 9.17) is 18.8 Å². The molecule has 6 heteroatoms. The highest BCUT2D eigenvalue weighted by Gasteiger charge is 2.19. The Hall–Kier alpha value is -5.20. The molecular formula is C34H19N3O2S. The summed E-state index contributed by atoms with van der Waals surface area (Å²) in [6.07, 6.45) is 3.81. The van der Waals surface area contributed by atoms with Crippen LogP contribution in [-0.2, 0) is 0 Å². The number of rotatable bonds is 3. The van der Waals surface area contributed by atoms with Crippen LogP contribution in [0.1, 0.15) is 0 Å². The van der Waals surface area contributed by atoms with Gasteiger partial charge in [-0.15, -0.1) is 11.3 Å². The SMILES string of the molecule is c1ccc2c(c1)oc1cc(N(c3cnc4c(c3)oc3ccccc34)c3ccc4sc5ccccc5c4c3)cnc12.